The van der Waals surface area contributed by atoms with Crippen molar-refractivity contribution in [3.05, 3.63) is 11.8 Å². The summed E-state index contributed by atoms with van der Waals surface area (Å²) in [6.07, 6.45) is 5.66. The number of hydrogen-bond acceptors (Lipinski definition) is 10. The maximum Gasteiger partial charge on any atom is 0.246 e. The molecule has 6 amide bonds. The normalized spacial score (nSPS) is 26.1. The Morgan fingerprint density at radius 1 is 0.962 bits per heavy atom. The monoisotopic (exact) mass is 779 g/mol. The van der Waals surface area contributed by atoms with E-state index in [9.17, 15) is 28.8 Å². The summed E-state index contributed by atoms with van der Waals surface area (Å²) < 4.78 is 5.59. The lowest BCUT2D eigenvalue weighted by molar-refractivity contribution is -0.141. The summed E-state index contributed by atoms with van der Waals surface area (Å²) >= 11 is 2.90. The first-order valence-electron chi connectivity index (χ1n) is 18.9. The minimum Gasteiger partial charge on any atom is -0.381 e. The van der Waals surface area contributed by atoms with Gasteiger partial charge in [0.2, 0.25) is 35.4 Å². The van der Waals surface area contributed by atoms with E-state index in [1.165, 1.54) is 23.5 Å². The van der Waals surface area contributed by atoms with E-state index in [4.69, 9.17) is 15.5 Å². The van der Waals surface area contributed by atoms with Gasteiger partial charge in [0.05, 0.1) is 0 Å². The standard InChI is InChI=1S/C37H61N7O7S2/c1-7-24(6)31-35(49)41-28(32(38)46)20-52-18-25-9-8-10-26(39-25)19-53-21-29(40-30(45)12-11-22(2)3)34(48)44-37(13-15-51-16-14-37)36(50)42-27(17-23(4)5)33(47)43-31/h10,22-24,27-29,31H,7-9,11-21H2,1-6H3,(H2,38,46)(H,40,45)(H,41,49)(H,42,50)(H,43,47)(H,44,48)/t24-,27-,28-,29?,31-/m0/s1. The number of nitrogens with zero attached hydrogens (tertiary/aromatic N) is 1. The van der Waals surface area contributed by atoms with Crippen LogP contribution in [0.2, 0.25) is 0 Å². The molecule has 3 heterocycles. The van der Waals surface area contributed by atoms with Gasteiger partial charge in [0.25, 0.3) is 0 Å². The fourth-order valence-corrected chi connectivity index (χ4v) is 8.24. The summed E-state index contributed by atoms with van der Waals surface area (Å²) in [6, 6.07) is -3.94. The van der Waals surface area contributed by atoms with Crippen molar-refractivity contribution >= 4 is 64.7 Å². The summed E-state index contributed by atoms with van der Waals surface area (Å²) in [5.74, 6) is -1.57. The predicted octanol–water partition coefficient (Wildman–Crippen LogP) is 2.20. The van der Waals surface area contributed by atoms with Crippen LogP contribution in [0.3, 0.4) is 0 Å². The molecule has 16 heteroatoms. The number of carbonyl (C=O) groups excluding carboxylic acids is 6. The molecule has 3 rings (SSSR count). The third-order valence-electron chi connectivity index (χ3n) is 9.73. The smallest absolute Gasteiger partial charge is 0.246 e. The molecule has 1 fully saturated rings. The highest BCUT2D eigenvalue weighted by Crippen LogP contribution is 2.24. The van der Waals surface area contributed by atoms with Crippen LogP contribution in [0.4, 0.5) is 0 Å². The number of primary amides is 1. The van der Waals surface area contributed by atoms with Crippen LogP contribution in [0.1, 0.15) is 92.9 Å². The number of ether oxygens (including phenoxy) is 1. The van der Waals surface area contributed by atoms with Crippen molar-refractivity contribution in [1.82, 2.24) is 26.6 Å². The number of nitrogens with one attached hydrogen (secondary N) is 5. The topological polar surface area (TPSA) is 210 Å². The Morgan fingerprint density at radius 3 is 2.30 bits per heavy atom. The summed E-state index contributed by atoms with van der Waals surface area (Å²) in [7, 11) is 0. The van der Waals surface area contributed by atoms with Crippen molar-refractivity contribution in [2.75, 3.05) is 36.2 Å². The van der Waals surface area contributed by atoms with Crippen molar-refractivity contribution in [3.8, 4) is 0 Å². The first-order chi connectivity index (χ1) is 25.1. The Kier molecular flexibility index (Phi) is 18.1. The first kappa shape index (κ1) is 44.3. The summed E-state index contributed by atoms with van der Waals surface area (Å²) in [5, 5.41) is 14.4. The molecule has 5 atom stereocenters. The highest BCUT2D eigenvalue weighted by molar-refractivity contribution is 8.00. The Morgan fingerprint density at radius 2 is 1.66 bits per heavy atom. The number of aliphatic imine (C=N–C) groups is 1. The predicted molar refractivity (Wildman–Crippen MR) is 210 cm³/mol. The molecule has 14 nitrogen and oxygen atoms in total. The molecule has 3 aliphatic heterocycles. The van der Waals surface area contributed by atoms with Crippen LogP contribution in [0, 0.1) is 17.8 Å². The summed E-state index contributed by atoms with van der Waals surface area (Å²) in [5.41, 5.74) is 6.11. The quantitative estimate of drug-likeness (QED) is 0.202. The third-order valence-corrected chi connectivity index (χ3v) is 11.9. The van der Waals surface area contributed by atoms with Gasteiger partial charge in [-0.15, -0.1) is 0 Å². The number of hydrogen-bond donors (Lipinski definition) is 6. The van der Waals surface area contributed by atoms with Gasteiger partial charge in [0.1, 0.15) is 29.7 Å². The molecule has 0 aromatic heterocycles. The SMILES string of the molecule is CC[C@H](C)[C@@H]1NC(=O)[C@H](CC(C)C)NC(=O)C2(CCOCC2)NC(=O)C(NC(=O)CCC(C)C)CSCC2=CCCC(=N2)CSC[C@@H](C(N)=O)NC1=O. The molecule has 3 aliphatic rings. The second-order valence-corrected chi connectivity index (χ2v) is 17.2. The van der Waals surface area contributed by atoms with E-state index in [0.29, 0.717) is 30.3 Å². The molecule has 53 heavy (non-hydrogen) atoms. The molecule has 0 aliphatic carbocycles. The minimum atomic E-state index is -1.40. The number of allylic oxidation sites excluding steroid dienone is 1. The van der Waals surface area contributed by atoms with E-state index in [2.05, 4.69) is 32.7 Å². The molecule has 0 radical (unpaired) electrons. The van der Waals surface area contributed by atoms with Gasteiger partial charge in [-0.1, -0.05) is 54.0 Å². The molecule has 1 spiro atoms. The van der Waals surface area contributed by atoms with Gasteiger partial charge in [0, 0.05) is 66.9 Å². The molecule has 2 bridgehead atoms. The molecule has 1 saturated heterocycles. The fraction of sp³-hybridized carbons (Fsp3) is 0.757. The molecular formula is C37H61N7O7S2. The van der Waals surface area contributed by atoms with Crippen LogP contribution in [0.15, 0.2) is 16.8 Å². The highest BCUT2D eigenvalue weighted by Gasteiger charge is 2.44. The average Bonchev–Trinajstić information content (AvgIpc) is 3.11. The third kappa shape index (κ3) is 14.2. The molecule has 0 saturated carbocycles. The number of thioether (sulfide) groups is 2. The number of rotatable bonds is 9. The second kappa shape index (κ2) is 21.7. The van der Waals surface area contributed by atoms with Crippen LogP contribution in [-0.4, -0.2) is 107 Å². The van der Waals surface area contributed by atoms with E-state index in [1.54, 1.807) is 0 Å². The fourth-order valence-electron chi connectivity index (χ4n) is 6.21. The van der Waals surface area contributed by atoms with Crippen LogP contribution >= 0.6 is 23.5 Å². The van der Waals surface area contributed by atoms with E-state index in [-0.39, 0.29) is 68.1 Å². The lowest BCUT2D eigenvalue weighted by Gasteiger charge is -2.38. The Hall–Kier alpha value is -3.11. The minimum absolute atomic E-state index is 0.0151. The summed E-state index contributed by atoms with van der Waals surface area (Å²) in [4.78, 5) is 86.4. The number of nitrogens with two attached hydrogens (primary N) is 1. The van der Waals surface area contributed by atoms with E-state index in [0.717, 1.165) is 24.3 Å². The zero-order chi connectivity index (χ0) is 39.1. The maximum atomic E-state index is 14.3. The zero-order valence-corrected chi connectivity index (χ0v) is 33.9. The van der Waals surface area contributed by atoms with Crippen LogP contribution < -0.4 is 32.3 Å². The lowest BCUT2D eigenvalue weighted by Crippen LogP contribution is -2.66. The van der Waals surface area contributed by atoms with Gasteiger partial charge < -0.3 is 37.1 Å². The molecular weight excluding hydrogens is 719 g/mol. The van der Waals surface area contributed by atoms with Crippen molar-refractivity contribution in [2.45, 2.75) is 123 Å². The molecule has 7 N–H and O–H groups in total. The zero-order valence-electron chi connectivity index (χ0n) is 32.2. The van der Waals surface area contributed by atoms with Gasteiger partial charge in [-0.2, -0.15) is 23.5 Å². The van der Waals surface area contributed by atoms with Crippen molar-refractivity contribution in [1.29, 1.82) is 0 Å². The molecule has 0 aromatic rings. The van der Waals surface area contributed by atoms with Crippen LogP contribution in [0.25, 0.3) is 0 Å². The largest absolute Gasteiger partial charge is 0.381 e. The second-order valence-electron chi connectivity index (χ2n) is 15.2. The Labute approximate surface area is 322 Å². The number of amides is 6. The first-order valence-corrected chi connectivity index (χ1v) is 21.3. The molecule has 298 valence electrons. The van der Waals surface area contributed by atoms with E-state index < -0.39 is 59.2 Å². The van der Waals surface area contributed by atoms with Crippen LogP contribution in [-0.2, 0) is 33.5 Å². The maximum absolute atomic E-state index is 14.3. The van der Waals surface area contributed by atoms with Gasteiger partial charge >= 0.3 is 0 Å². The van der Waals surface area contributed by atoms with Crippen LogP contribution in [0.5, 0.6) is 0 Å². The number of carbonyl (C=O) groups is 6. The lowest BCUT2D eigenvalue weighted by atomic mass is 9.87. The van der Waals surface area contributed by atoms with E-state index in [1.807, 2.05) is 41.5 Å². The average molecular weight is 780 g/mol. The van der Waals surface area contributed by atoms with Gasteiger partial charge in [-0.05, 0) is 43.4 Å². The van der Waals surface area contributed by atoms with Crippen molar-refractivity contribution in [3.63, 3.8) is 0 Å². The molecule has 0 aromatic carbocycles. The van der Waals surface area contributed by atoms with Crippen molar-refractivity contribution in [2.24, 2.45) is 28.5 Å². The Bertz CT molecular complexity index is 1370. The Balaban J connectivity index is 2.00. The number of fused-ring (bicyclic) bond motifs is 1. The van der Waals surface area contributed by atoms with Gasteiger partial charge in [-0.3, -0.25) is 33.8 Å². The van der Waals surface area contributed by atoms with Gasteiger partial charge in [-0.25, -0.2) is 0 Å². The summed E-state index contributed by atoms with van der Waals surface area (Å²) in [6.45, 7) is 12.0. The van der Waals surface area contributed by atoms with Crippen molar-refractivity contribution < 1.29 is 33.5 Å². The molecule has 1 unspecified atom stereocenters. The van der Waals surface area contributed by atoms with E-state index >= 15 is 0 Å². The van der Waals surface area contributed by atoms with Gasteiger partial charge in [0.15, 0.2) is 0 Å². The highest BCUT2D eigenvalue weighted by atomic mass is 32.2.